The van der Waals surface area contributed by atoms with Crippen LogP contribution in [0.3, 0.4) is 0 Å². The van der Waals surface area contributed by atoms with Crippen LogP contribution in [0.1, 0.15) is 24.8 Å². The summed E-state index contributed by atoms with van der Waals surface area (Å²) in [5.41, 5.74) is 0.504. The Morgan fingerprint density at radius 2 is 1.87 bits per heavy atom. The topological polar surface area (TPSA) is 89.2 Å². The van der Waals surface area contributed by atoms with Crippen molar-refractivity contribution in [1.82, 2.24) is 19.5 Å². The SMILES string of the molecule is O=S(=O)(c1ccc(F)c(F)c1)N1CCCC1c1nnc(-c2nccc3ccccc23)o1. The summed E-state index contributed by atoms with van der Waals surface area (Å²) in [6.45, 7) is 0.205. The zero-order valence-corrected chi connectivity index (χ0v) is 16.9. The van der Waals surface area contributed by atoms with E-state index >= 15 is 0 Å². The molecule has 158 valence electrons. The van der Waals surface area contributed by atoms with Crippen LogP contribution in [0.25, 0.3) is 22.4 Å². The van der Waals surface area contributed by atoms with E-state index in [1.54, 1.807) is 6.20 Å². The minimum atomic E-state index is -4.08. The number of pyridine rings is 1. The van der Waals surface area contributed by atoms with Crippen LogP contribution in [0.5, 0.6) is 0 Å². The Bertz CT molecular complexity index is 1390. The number of halogens is 2. The molecule has 1 unspecified atom stereocenters. The minimum Gasteiger partial charge on any atom is -0.417 e. The normalized spacial score (nSPS) is 17.4. The van der Waals surface area contributed by atoms with Gasteiger partial charge < -0.3 is 4.42 Å². The molecule has 0 bridgehead atoms. The second kappa shape index (κ2) is 7.47. The maximum atomic E-state index is 13.6. The number of fused-ring (bicyclic) bond motifs is 1. The Hall–Kier alpha value is -3.24. The summed E-state index contributed by atoms with van der Waals surface area (Å²) in [5, 5.41) is 9.95. The van der Waals surface area contributed by atoms with E-state index in [-0.39, 0.29) is 23.2 Å². The second-order valence-corrected chi connectivity index (χ2v) is 9.07. The lowest BCUT2D eigenvalue weighted by atomic mass is 10.1. The van der Waals surface area contributed by atoms with Crippen molar-refractivity contribution in [2.24, 2.45) is 0 Å². The molecular formula is C21H16F2N4O3S. The van der Waals surface area contributed by atoms with Gasteiger partial charge >= 0.3 is 0 Å². The molecule has 0 spiro atoms. The number of aromatic nitrogens is 3. The highest BCUT2D eigenvalue weighted by atomic mass is 32.2. The molecule has 0 N–H and O–H groups in total. The van der Waals surface area contributed by atoms with E-state index in [1.807, 2.05) is 30.3 Å². The Labute approximate surface area is 176 Å². The van der Waals surface area contributed by atoms with Gasteiger partial charge in [-0.15, -0.1) is 10.2 Å². The summed E-state index contributed by atoms with van der Waals surface area (Å²) in [7, 11) is -4.08. The van der Waals surface area contributed by atoms with Gasteiger partial charge in [-0.1, -0.05) is 24.3 Å². The molecule has 0 radical (unpaired) electrons. The van der Waals surface area contributed by atoms with Crippen LogP contribution < -0.4 is 0 Å². The predicted molar refractivity (Wildman–Crippen MR) is 107 cm³/mol. The van der Waals surface area contributed by atoms with E-state index in [9.17, 15) is 17.2 Å². The van der Waals surface area contributed by atoms with Crippen LogP contribution in [-0.4, -0.2) is 34.4 Å². The van der Waals surface area contributed by atoms with Crippen molar-refractivity contribution in [3.05, 3.63) is 72.3 Å². The summed E-state index contributed by atoms with van der Waals surface area (Å²) in [4.78, 5) is 4.02. The molecule has 31 heavy (non-hydrogen) atoms. The Kier molecular flexibility index (Phi) is 4.75. The molecule has 1 atom stereocenters. The quantitative estimate of drug-likeness (QED) is 0.473. The summed E-state index contributed by atoms with van der Waals surface area (Å²) < 4.78 is 60.1. The second-order valence-electron chi connectivity index (χ2n) is 7.18. The first-order chi connectivity index (χ1) is 14.9. The number of hydrogen-bond donors (Lipinski definition) is 0. The van der Waals surface area contributed by atoms with E-state index in [0.717, 1.165) is 22.9 Å². The molecule has 7 nitrogen and oxygen atoms in total. The van der Waals surface area contributed by atoms with Gasteiger partial charge in [0, 0.05) is 18.1 Å². The molecule has 1 fully saturated rings. The van der Waals surface area contributed by atoms with Crippen LogP contribution in [0.4, 0.5) is 8.78 Å². The molecule has 4 aromatic rings. The number of nitrogens with zero attached hydrogens (tertiary/aromatic N) is 4. The van der Waals surface area contributed by atoms with Gasteiger partial charge in [0.1, 0.15) is 11.7 Å². The van der Waals surface area contributed by atoms with Gasteiger partial charge in [0.25, 0.3) is 5.89 Å². The smallest absolute Gasteiger partial charge is 0.266 e. The molecule has 5 rings (SSSR count). The number of benzene rings is 2. The zero-order chi connectivity index (χ0) is 21.6. The summed E-state index contributed by atoms with van der Waals surface area (Å²) >= 11 is 0. The third-order valence-electron chi connectivity index (χ3n) is 5.30. The van der Waals surface area contributed by atoms with Crippen LogP contribution >= 0.6 is 0 Å². The molecule has 10 heteroatoms. The summed E-state index contributed by atoms with van der Waals surface area (Å²) in [6.07, 6.45) is 2.67. The first-order valence-electron chi connectivity index (χ1n) is 9.59. The van der Waals surface area contributed by atoms with Gasteiger partial charge in [-0.3, -0.25) is 4.98 Å². The molecular weight excluding hydrogens is 426 g/mol. The highest BCUT2D eigenvalue weighted by Crippen LogP contribution is 2.37. The van der Waals surface area contributed by atoms with Gasteiger partial charge in [0.15, 0.2) is 11.6 Å². The molecule has 1 aliphatic rings. The fourth-order valence-electron chi connectivity index (χ4n) is 3.80. The maximum absolute atomic E-state index is 13.6. The highest BCUT2D eigenvalue weighted by Gasteiger charge is 2.39. The monoisotopic (exact) mass is 442 g/mol. The molecule has 2 aromatic carbocycles. The molecule has 2 aromatic heterocycles. The van der Waals surface area contributed by atoms with Gasteiger partial charge in [-0.25, -0.2) is 17.2 Å². The fraction of sp³-hybridized carbons (Fsp3) is 0.190. The molecule has 1 saturated heterocycles. The highest BCUT2D eigenvalue weighted by molar-refractivity contribution is 7.89. The lowest BCUT2D eigenvalue weighted by Gasteiger charge is -2.21. The Balaban J connectivity index is 1.51. The molecule has 3 heterocycles. The number of sulfonamides is 1. The standard InChI is InChI=1S/C21H16F2N4O3S/c22-16-8-7-14(12-17(16)23)31(28,29)27-11-3-6-18(27)20-25-26-21(30-20)19-15-5-2-1-4-13(15)9-10-24-19/h1-2,4-5,7-10,12,18H,3,6,11H2. The minimum absolute atomic E-state index is 0.133. The van der Waals surface area contributed by atoms with Crippen molar-refractivity contribution >= 4 is 20.8 Å². The van der Waals surface area contributed by atoms with Crippen molar-refractivity contribution in [2.75, 3.05) is 6.54 Å². The van der Waals surface area contributed by atoms with Crippen molar-refractivity contribution in [3.63, 3.8) is 0 Å². The zero-order valence-electron chi connectivity index (χ0n) is 16.1. The van der Waals surface area contributed by atoms with Gasteiger partial charge in [-0.05, 0) is 42.5 Å². The summed E-state index contributed by atoms with van der Waals surface area (Å²) in [5.74, 6) is -2.02. The first-order valence-corrected chi connectivity index (χ1v) is 11.0. The lowest BCUT2D eigenvalue weighted by molar-refractivity contribution is 0.332. The van der Waals surface area contributed by atoms with Gasteiger partial charge in [-0.2, -0.15) is 4.31 Å². The largest absolute Gasteiger partial charge is 0.417 e. The van der Waals surface area contributed by atoms with Crippen molar-refractivity contribution < 1.29 is 21.6 Å². The fourth-order valence-corrected chi connectivity index (χ4v) is 5.47. The van der Waals surface area contributed by atoms with Gasteiger partial charge in [0.2, 0.25) is 15.9 Å². The van der Waals surface area contributed by atoms with Gasteiger partial charge in [0.05, 0.1) is 4.90 Å². The van der Waals surface area contributed by atoms with E-state index in [4.69, 9.17) is 4.42 Å². The Morgan fingerprint density at radius 1 is 1.03 bits per heavy atom. The lowest BCUT2D eigenvalue weighted by Crippen LogP contribution is -2.31. The third kappa shape index (κ3) is 3.37. The van der Waals surface area contributed by atoms with Crippen LogP contribution in [0, 0.1) is 11.6 Å². The molecule has 0 aliphatic carbocycles. The van der Waals surface area contributed by atoms with E-state index in [0.29, 0.717) is 24.6 Å². The van der Waals surface area contributed by atoms with Crippen LogP contribution in [0.2, 0.25) is 0 Å². The number of hydrogen-bond acceptors (Lipinski definition) is 6. The predicted octanol–water partition coefficient (Wildman–Crippen LogP) is 4.09. The molecule has 0 amide bonds. The molecule has 0 saturated carbocycles. The summed E-state index contributed by atoms with van der Waals surface area (Å²) in [6, 6.07) is 11.3. The average Bonchev–Trinajstić information content (AvgIpc) is 3.45. The maximum Gasteiger partial charge on any atom is 0.266 e. The molecule has 1 aliphatic heterocycles. The van der Waals surface area contributed by atoms with E-state index in [2.05, 4.69) is 15.2 Å². The van der Waals surface area contributed by atoms with Crippen molar-refractivity contribution in [3.8, 4) is 11.6 Å². The van der Waals surface area contributed by atoms with Crippen LogP contribution in [0.15, 0.2) is 64.0 Å². The van der Waals surface area contributed by atoms with Crippen LogP contribution in [-0.2, 0) is 10.0 Å². The van der Waals surface area contributed by atoms with Crippen molar-refractivity contribution in [1.29, 1.82) is 0 Å². The average molecular weight is 442 g/mol. The first kappa shape index (κ1) is 19.7. The number of rotatable bonds is 4. The van der Waals surface area contributed by atoms with E-state index in [1.165, 1.54) is 4.31 Å². The Morgan fingerprint density at radius 3 is 2.71 bits per heavy atom. The van der Waals surface area contributed by atoms with E-state index < -0.39 is 27.7 Å². The third-order valence-corrected chi connectivity index (χ3v) is 7.21. The van der Waals surface area contributed by atoms with Crippen molar-refractivity contribution in [2.45, 2.75) is 23.8 Å².